The summed E-state index contributed by atoms with van der Waals surface area (Å²) in [5, 5.41) is 23.7. The molecule has 0 bridgehead atoms. The summed E-state index contributed by atoms with van der Waals surface area (Å²) in [4.78, 5) is 10.9. The molecule has 1 atom stereocenters. The Morgan fingerprint density at radius 3 is 3.15 bits per heavy atom. The Hall–Kier alpha value is -1.97. The number of hydrogen-bond acceptors (Lipinski definition) is 5. The number of aromatic nitrogens is 4. The first-order valence-electron chi connectivity index (χ1n) is 3.63. The molecule has 2 N–H and O–H groups in total. The quantitative estimate of drug-likeness (QED) is 0.638. The number of hydrogen-bond donors (Lipinski definition) is 2. The molecule has 13 heavy (non-hydrogen) atoms. The molecule has 7 heteroatoms. The molecule has 0 aliphatic carbocycles. The van der Waals surface area contributed by atoms with Crippen LogP contribution < -0.4 is 5.32 Å². The number of carbonyl (C=O) groups excluding carboxylic acids is 1. The lowest BCUT2D eigenvalue weighted by molar-refractivity contribution is -0.120. The fraction of sp³-hybridized carbons (Fsp3) is 0.500. The van der Waals surface area contributed by atoms with Crippen molar-refractivity contribution in [3.8, 4) is 6.07 Å². The van der Waals surface area contributed by atoms with E-state index in [9.17, 15) is 4.79 Å². The second kappa shape index (κ2) is 4.15. The van der Waals surface area contributed by atoms with Gasteiger partial charge in [0, 0.05) is 0 Å². The van der Waals surface area contributed by atoms with Crippen molar-refractivity contribution < 1.29 is 4.79 Å². The maximum atomic E-state index is 10.9. The minimum absolute atomic E-state index is 0.164. The third-order valence-corrected chi connectivity index (χ3v) is 1.37. The normalized spacial score (nSPS) is 11.7. The predicted molar refractivity (Wildman–Crippen MR) is 41.0 cm³/mol. The number of aromatic amines is 1. The van der Waals surface area contributed by atoms with Gasteiger partial charge in [-0.15, -0.1) is 10.2 Å². The molecule has 0 spiro atoms. The summed E-state index contributed by atoms with van der Waals surface area (Å²) in [5.74, 6) is 0.0473. The van der Waals surface area contributed by atoms with Gasteiger partial charge in [0.2, 0.25) is 5.91 Å². The Bertz CT molecular complexity index is 312. The molecule has 0 radical (unpaired) electrons. The molecule has 0 aromatic carbocycles. The van der Waals surface area contributed by atoms with Gasteiger partial charge in [-0.1, -0.05) is 5.21 Å². The summed E-state index contributed by atoms with van der Waals surface area (Å²) >= 11 is 0. The van der Waals surface area contributed by atoms with E-state index in [2.05, 4.69) is 25.9 Å². The largest absolute Gasteiger partial charge is 0.345 e. The third kappa shape index (κ3) is 2.52. The number of rotatable bonds is 3. The van der Waals surface area contributed by atoms with Crippen LogP contribution in [0.2, 0.25) is 0 Å². The zero-order valence-electron chi connectivity index (χ0n) is 6.98. The van der Waals surface area contributed by atoms with Gasteiger partial charge in [-0.3, -0.25) is 4.79 Å². The van der Waals surface area contributed by atoms with Gasteiger partial charge in [0.1, 0.15) is 6.42 Å². The Labute approximate surface area is 74.1 Å². The van der Waals surface area contributed by atoms with Crippen molar-refractivity contribution in [1.29, 1.82) is 5.26 Å². The summed E-state index contributed by atoms with van der Waals surface area (Å²) < 4.78 is 0. The van der Waals surface area contributed by atoms with Crippen molar-refractivity contribution >= 4 is 5.91 Å². The molecule has 1 aromatic heterocycles. The number of nitrogens with zero attached hydrogens (tertiary/aromatic N) is 4. The molecule has 0 aliphatic rings. The number of nitriles is 1. The van der Waals surface area contributed by atoms with Gasteiger partial charge in [-0.05, 0) is 6.92 Å². The molecule has 0 aliphatic heterocycles. The van der Waals surface area contributed by atoms with Crippen LogP contribution in [0.1, 0.15) is 25.2 Å². The van der Waals surface area contributed by atoms with E-state index in [-0.39, 0.29) is 18.4 Å². The number of H-pyrrole nitrogens is 1. The topological polar surface area (TPSA) is 107 Å². The highest BCUT2D eigenvalue weighted by molar-refractivity contribution is 5.78. The van der Waals surface area contributed by atoms with Crippen LogP contribution in [0.15, 0.2) is 0 Å². The lowest BCUT2D eigenvalue weighted by atomic mass is 10.3. The van der Waals surface area contributed by atoms with Gasteiger partial charge in [-0.2, -0.15) is 10.5 Å². The van der Waals surface area contributed by atoms with Gasteiger partial charge in [0.05, 0.1) is 12.1 Å². The zero-order chi connectivity index (χ0) is 9.68. The highest BCUT2D eigenvalue weighted by atomic mass is 16.1. The van der Waals surface area contributed by atoms with E-state index in [1.165, 1.54) is 0 Å². The van der Waals surface area contributed by atoms with Gasteiger partial charge in [0.25, 0.3) is 0 Å². The summed E-state index contributed by atoms with van der Waals surface area (Å²) in [5.41, 5.74) is 0. The molecule has 1 aromatic rings. The van der Waals surface area contributed by atoms with Crippen LogP contribution in [-0.2, 0) is 4.79 Å². The van der Waals surface area contributed by atoms with Crippen molar-refractivity contribution in [2.24, 2.45) is 0 Å². The van der Waals surface area contributed by atoms with Gasteiger partial charge in [-0.25, -0.2) is 0 Å². The van der Waals surface area contributed by atoms with Crippen molar-refractivity contribution in [2.45, 2.75) is 19.4 Å². The fourth-order valence-electron chi connectivity index (χ4n) is 0.782. The average Bonchev–Trinajstić information content (AvgIpc) is 2.55. The molecule has 0 fully saturated rings. The monoisotopic (exact) mass is 180 g/mol. The first kappa shape index (κ1) is 9.12. The predicted octanol–water partition coefficient (Wildman–Crippen LogP) is -0.709. The Balaban J connectivity index is 2.47. The van der Waals surface area contributed by atoms with E-state index < -0.39 is 0 Å². The Morgan fingerprint density at radius 1 is 1.85 bits per heavy atom. The average molecular weight is 180 g/mol. The third-order valence-electron chi connectivity index (χ3n) is 1.37. The first-order chi connectivity index (χ1) is 6.24. The van der Waals surface area contributed by atoms with Crippen molar-refractivity contribution in [3.63, 3.8) is 0 Å². The van der Waals surface area contributed by atoms with Crippen LogP contribution in [-0.4, -0.2) is 26.5 Å². The van der Waals surface area contributed by atoms with Crippen molar-refractivity contribution in [3.05, 3.63) is 5.82 Å². The molecule has 1 heterocycles. The summed E-state index contributed by atoms with van der Waals surface area (Å²) in [7, 11) is 0. The van der Waals surface area contributed by atoms with Gasteiger partial charge < -0.3 is 5.32 Å². The first-order valence-corrected chi connectivity index (χ1v) is 3.63. The van der Waals surface area contributed by atoms with Crippen LogP contribution >= 0.6 is 0 Å². The molecule has 7 nitrogen and oxygen atoms in total. The Kier molecular flexibility index (Phi) is 2.92. The van der Waals surface area contributed by atoms with Gasteiger partial charge >= 0.3 is 0 Å². The number of amides is 1. The second-order valence-electron chi connectivity index (χ2n) is 2.39. The highest BCUT2D eigenvalue weighted by Gasteiger charge is 2.12. The van der Waals surface area contributed by atoms with Crippen LogP contribution in [0.25, 0.3) is 0 Å². The van der Waals surface area contributed by atoms with Crippen LogP contribution in [0.4, 0.5) is 0 Å². The zero-order valence-corrected chi connectivity index (χ0v) is 6.98. The maximum absolute atomic E-state index is 10.9. The molecule has 68 valence electrons. The number of carbonyl (C=O) groups is 1. The smallest absolute Gasteiger partial charge is 0.234 e. The van der Waals surface area contributed by atoms with Crippen molar-refractivity contribution in [1.82, 2.24) is 25.9 Å². The molecular weight excluding hydrogens is 172 g/mol. The lowest BCUT2D eigenvalue weighted by Gasteiger charge is -2.06. The number of tetrazole rings is 1. The molecule has 1 unspecified atom stereocenters. The summed E-state index contributed by atoms with van der Waals surface area (Å²) in [6.45, 7) is 1.71. The fourth-order valence-corrected chi connectivity index (χ4v) is 0.782. The molecule has 0 saturated heterocycles. The lowest BCUT2D eigenvalue weighted by Crippen LogP contribution is -2.26. The highest BCUT2D eigenvalue weighted by Crippen LogP contribution is 2.02. The van der Waals surface area contributed by atoms with Crippen LogP contribution in [0, 0.1) is 11.3 Å². The van der Waals surface area contributed by atoms with E-state index >= 15 is 0 Å². The van der Waals surface area contributed by atoms with E-state index in [4.69, 9.17) is 5.26 Å². The molecule has 1 rings (SSSR count). The Morgan fingerprint density at radius 2 is 2.62 bits per heavy atom. The molecular formula is C6H8N6O. The van der Waals surface area contributed by atoms with Crippen LogP contribution in [0.5, 0.6) is 0 Å². The molecule has 1 amide bonds. The second-order valence-corrected chi connectivity index (χ2v) is 2.39. The van der Waals surface area contributed by atoms with E-state index in [0.717, 1.165) is 0 Å². The summed E-state index contributed by atoms with van der Waals surface area (Å²) in [6.07, 6.45) is -0.164. The number of nitrogens with one attached hydrogen (secondary N) is 2. The molecule has 0 saturated carbocycles. The van der Waals surface area contributed by atoms with E-state index in [0.29, 0.717) is 5.82 Å². The minimum atomic E-state index is -0.347. The van der Waals surface area contributed by atoms with E-state index in [1.807, 2.05) is 0 Å². The minimum Gasteiger partial charge on any atom is -0.345 e. The maximum Gasteiger partial charge on any atom is 0.234 e. The van der Waals surface area contributed by atoms with Gasteiger partial charge in [0.15, 0.2) is 5.82 Å². The standard InChI is InChI=1S/C6H8N6O/c1-4(6-9-11-12-10-6)8-5(13)2-3-7/h4H,2H2,1H3,(H,8,13)(H,9,10,11,12). The van der Waals surface area contributed by atoms with Crippen molar-refractivity contribution in [2.75, 3.05) is 0 Å². The summed E-state index contributed by atoms with van der Waals surface area (Å²) in [6, 6.07) is 1.41. The van der Waals surface area contributed by atoms with E-state index in [1.54, 1.807) is 13.0 Å². The SMILES string of the molecule is CC(NC(=O)CC#N)c1nn[nH]n1. The van der Waals surface area contributed by atoms with Crippen LogP contribution in [0.3, 0.4) is 0 Å².